The minimum Gasteiger partial charge on any atom is -0.434 e. The van der Waals surface area contributed by atoms with Crippen LogP contribution in [0.1, 0.15) is 71.0 Å². The highest BCUT2D eigenvalue weighted by Gasteiger charge is 2.54. The summed E-state index contributed by atoms with van der Waals surface area (Å²) in [7, 11) is 1.68. The van der Waals surface area contributed by atoms with Crippen LogP contribution in [-0.4, -0.2) is 44.2 Å². The molecule has 3 aliphatic rings. The van der Waals surface area contributed by atoms with Gasteiger partial charge in [0, 0.05) is 60.5 Å². The molecular formula is C30H24F3N5O3. The van der Waals surface area contributed by atoms with Crippen LogP contribution < -0.4 is 4.74 Å². The number of carbonyl (C=O) groups excluding carboxylic acids is 1. The van der Waals surface area contributed by atoms with Crippen LogP contribution in [0.5, 0.6) is 5.75 Å². The third-order valence-corrected chi connectivity index (χ3v) is 8.72. The Morgan fingerprint density at radius 3 is 2.68 bits per heavy atom. The monoisotopic (exact) mass is 559 g/mol. The van der Waals surface area contributed by atoms with Gasteiger partial charge in [0.25, 0.3) is 5.91 Å². The summed E-state index contributed by atoms with van der Waals surface area (Å²) in [5.41, 5.74) is 1.70. The summed E-state index contributed by atoms with van der Waals surface area (Å²) in [6.07, 6.45) is 3.88. The molecule has 2 atom stereocenters. The van der Waals surface area contributed by atoms with E-state index in [0.29, 0.717) is 39.9 Å². The minimum atomic E-state index is -3.05. The second-order valence-corrected chi connectivity index (χ2v) is 11.5. The van der Waals surface area contributed by atoms with Gasteiger partial charge in [0.2, 0.25) is 0 Å². The number of hydrogen-bond donors (Lipinski definition) is 1. The first-order valence-electron chi connectivity index (χ1n) is 13.2. The highest BCUT2D eigenvalue weighted by molar-refractivity contribution is 5.98. The zero-order valence-corrected chi connectivity index (χ0v) is 22.1. The summed E-state index contributed by atoms with van der Waals surface area (Å²) < 4.78 is 48.5. The smallest absolute Gasteiger partial charge is 0.387 e. The summed E-state index contributed by atoms with van der Waals surface area (Å²) in [6.45, 7) is -1.33. The zero-order valence-electron chi connectivity index (χ0n) is 22.1. The first kappa shape index (κ1) is 25.5. The topological polar surface area (TPSA) is 104 Å². The highest BCUT2D eigenvalue weighted by Crippen LogP contribution is 2.55. The van der Waals surface area contributed by atoms with Gasteiger partial charge in [-0.05, 0) is 49.2 Å². The molecule has 0 radical (unpaired) electrons. The third-order valence-electron chi connectivity index (χ3n) is 8.72. The van der Waals surface area contributed by atoms with Gasteiger partial charge < -0.3 is 14.7 Å². The Morgan fingerprint density at radius 2 is 1.98 bits per heavy atom. The van der Waals surface area contributed by atoms with Crippen molar-refractivity contribution in [2.45, 2.75) is 50.4 Å². The molecule has 1 fully saturated rings. The Labute approximate surface area is 232 Å². The molecule has 2 aliphatic carbocycles. The molecule has 2 unspecified atom stereocenters. The zero-order chi connectivity index (χ0) is 28.8. The van der Waals surface area contributed by atoms with Crippen LogP contribution in [0.4, 0.5) is 13.2 Å². The number of benzene rings is 1. The van der Waals surface area contributed by atoms with Crippen LogP contribution in [0.25, 0.3) is 16.6 Å². The molecule has 1 saturated carbocycles. The van der Waals surface area contributed by atoms with E-state index in [1.807, 2.05) is 6.07 Å². The lowest BCUT2D eigenvalue weighted by Gasteiger charge is -2.46. The van der Waals surface area contributed by atoms with Gasteiger partial charge in [-0.2, -0.15) is 19.1 Å². The van der Waals surface area contributed by atoms with E-state index in [-0.39, 0.29) is 36.2 Å². The summed E-state index contributed by atoms with van der Waals surface area (Å²) in [5.74, 6) is -1.43. The third kappa shape index (κ3) is 3.67. The van der Waals surface area contributed by atoms with E-state index >= 15 is 4.39 Å². The number of nitrogens with zero attached hydrogens (tertiary/aromatic N) is 5. The molecule has 11 heteroatoms. The van der Waals surface area contributed by atoms with Crippen LogP contribution in [0.3, 0.4) is 0 Å². The van der Waals surface area contributed by atoms with E-state index in [1.165, 1.54) is 24.4 Å². The van der Waals surface area contributed by atoms with Crippen molar-refractivity contribution in [2.75, 3.05) is 7.05 Å². The van der Waals surface area contributed by atoms with Crippen LogP contribution in [0.15, 0.2) is 48.8 Å². The average Bonchev–Trinajstić information content (AvgIpc) is 3.44. The van der Waals surface area contributed by atoms with Crippen LogP contribution in [0.2, 0.25) is 0 Å². The molecule has 3 aromatic heterocycles. The fraction of sp³-hybridized carbons (Fsp3) is 0.333. The summed E-state index contributed by atoms with van der Waals surface area (Å²) >= 11 is 0. The second-order valence-electron chi connectivity index (χ2n) is 11.5. The lowest BCUT2D eigenvalue weighted by molar-refractivity contribution is -0.108. The maximum atomic E-state index is 15.3. The van der Waals surface area contributed by atoms with E-state index in [2.05, 4.69) is 11.1 Å². The van der Waals surface area contributed by atoms with Gasteiger partial charge in [-0.15, -0.1) is 0 Å². The van der Waals surface area contributed by atoms with Crippen molar-refractivity contribution in [1.82, 2.24) is 19.5 Å². The molecule has 1 aromatic carbocycles. The largest absolute Gasteiger partial charge is 0.434 e. The number of nitriles is 1. The fourth-order valence-corrected chi connectivity index (χ4v) is 6.97. The van der Waals surface area contributed by atoms with E-state index in [1.54, 1.807) is 41.7 Å². The number of pyridine rings is 2. The molecular weight excluding hydrogens is 535 g/mol. The normalized spacial score (nSPS) is 26.4. The van der Waals surface area contributed by atoms with Gasteiger partial charge in [-0.25, -0.2) is 8.91 Å². The molecule has 0 spiro atoms. The molecule has 2 bridgehead atoms. The predicted molar refractivity (Wildman–Crippen MR) is 140 cm³/mol. The van der Waals surface area contributed by atoms with Crippen molar-refractivity contribution in [2.24, 2.45) is 5.41 Å². The first-order valence-corrected chi connectivity index (χ1v) is 13.2. The molecule has 1 N–H and O–H groups in total. The summed E-state index contributed by atoms with van der Waals surface area (Å²) in [6, 6.07) is 11.3. The summed E-state index contributed by atoms with van der Waals surface area (Å²) in [4.78, 5) is 19.1. The average molecular weight is 560 g/mol. The summed E-state index contributed by atoms with van der Waals surface area (Å²) in [5, 5.41) is 24.9. The Bertz CT molecular complexity index is 1810. The van der Waals surface area contributed by atoms with Crippen molar-refractivity contribution in [3.63, 3.8) is 0 Å². The molecule has 208 valence electrons. The van der Waals surface area contributed by atoms with Crippen LogP contribution in [0, 0.1) is 22.6 Å². The number of aromatic nitrogens is 3. The molecule has 4 aromatic rings. The number of aliphatic hydroxyl groups is 1. The molecule has 4 heterocycles. The standard InChI is InChI=1S/C30H24F3N5O3/c1-29(14-34)12-30(40,13-29)26-19(31)8-16(11-35-26)15-6-7-38-20(9-15)24-18-10-21(25(24)36-38)37(2)27(39)17-4-3-5-22(23(17)18)41-28(32)33/h3-9,11,18,21,28,40H,10,12-13H2,1-2H3. The number of rotatable bonds is 4. The predicted octanol–water partition coefficient (Wildman–Crippen LogP) is 5.31. The number of ether oxygens (including phenoxy) is 1. The van der Waals surface area contributed by atoms with E-state index in [9.17, 15) is 23.9 Å². The molecule has 1 amide bonds. The molecule has 7 rings (SSSR count). The highest BCUT2D eigenvalue weighted by atomic mass is 19.3. The van der Waals surface area contributed by atoms with Crippen molar-refractivity contribution >= 4 is 11.4 Å². The Kier molecular flexibility index (Phi) is 5.32. The van der Waals surface area contributed by atoms with E-state index in [4.69, 9.17) is 9.84 Å². The Hall–Kier alpha value is -4.43. The van der Waals surface area contributed by atoms with E-state index in [0.717, 1.165) is 5.56 Å². The minimum absolute atomic E-state index is 0.0449. The van der Waals surface area contributed by atoms with Gasteiger partial charge in [0.05, 0.1) is 28.7 Å². The number of carbonyl (C=O) groups is 1. The van der Waals surface area contributed by atoms with Gasteiger partial charge >= 0.3 is 6.61 Å². The lowest BCUT2D eigenvalue weighted by atomic mass is 9.59. The van der Waals surface area contributed by atoms with Gasteiger partial charge in [0.1, 0.15) is 22.9 Å². The van der Waals surface area contributed by atoms with Gasteiger partial charge in [-0.1, -0.05) is 6.07 Å². The molecule has 41 heavy (non-hydrogen) atoms. The SMILES string of the molecule is CN1C(=O)c2cccc(OC(F)F)c2C2CC1c1nn3ccc(-c4cnc(C5(O)CC(C)(C#N)C5)c(F)c4)cc3c12. The Balaban J connectivity index is 1.33. The number of fused-ring (bicyclic) bond motifs is 9. The molecule has 1 aliphatic heterocycles. The Morgan fingerprint density at radius 1 is 1.20 bits per heavy atom. The molecule has 8 nitrogen and oxygen atoms in total. The maximum Gasteiger partial charge on any atom is 0.387 e. The lowest BCUT2D eigenvalue weighted by Crippen LogP contribution is -2.48. The molecule has 0 saturated heterocycles. The number of halogens is 3. The van der Waals surface area contributed by atoms with Crippen molar-refractivity contribution < 1.29 is 27.8 Å². The number of hydrogen-bond acceptors (Lipinski definition) is 6. The fourth-order valence-electron chi connectivity index (χ4n) is 6.97. The van der Waals surface area contributed by atoms with E-state index < -0.39 is 29.4 Å². The first-order chi connectivity index (χ1) is 19.5. The van der Waals surface area contributed by atoms with Crippen molar-refractivity contribution in [3.8, 4) is 22.9 Å². The quantitative estimate of drug-likeness (QED) is 0.364. The second kappa shape index (κ2) is 8.54. The van der Waals surface area contributed by atoms with Crippen LogP contribution >= 0.6 is 0 Å². The maximum absolute atomic E-state index is 15.3. The van der Waals surface area contributed by atoms with Crippen LogP contribution in [-0.2, 0) is 5.60 Å². The number of amides is 1. The van der Waals surface area contributed by atoms with Crippen molar-refractivity contribution in [3.05, 3.63) is 82.7 Å². The number of alkyl halides is 2. The van der Waals surface area contributed by atoms with Gasteiger partial charge in [0.15, 0.2) is 0 Å². The van der Waals surface area contributed by atoms with Crippen molar-refractivity contribution in [1.29, 1.82) is 5.26 Å². The van der Waals surface area contributed by atoms with Gasteiger partial charge in [-0.3, -0.25) is 9.78 Å².